The van der Waals surface area contributed by atoms with Gasteiger partial charge < -0.3 is 4.74 Å². The van der Waals surface area contributed by atoms with E-state index >= 15 is 0 Å². The smallest absolute Gasteiger partial charge is 0.309 e. The summed E-state index contributed by atoms with van der Waals surface area (Å²) in [5, 5.41) is 8.56. The largest absolute Gasteiger partial charge is 0.462 e. The van der Waals surface area contributed by atoms with Crippen LogP contribution in [0.25, 0.3) is 0 Å². The monoisotopic (exact) mass is 435 g/mol. The summed E-state index contributed by atoms with van der Waals surface area (Å²) in [6.45, 7) is 2.25. The highest BCUT2D eigenvalue weighted by Crippen LogP contribution is 2.36. The minimum absolute atomic E-state index is 0.0488. The van der Waals surface area contributed by atoms with Gasteiger partial charge in [0.1, 0.15) is 6.10 Å². The van der Waals surface area contributed by atoms with Crippen molar-refractivity contribution in [3.8, 4) is 6.07 Å². The van der Waals surface area contributed by atoms with E-state index in [2.05, 4.69) is 31.2 Å². The molecular weight excluding hydrogens is 394 g/mol. The molecule has 0 aromatic heterocycles. The zero-order valence-corrected chi connectivity index (χ0v) is 19.9. The third-order valence-corrected chi connectivity index (χ3v) is 7.59. The highest BCUT2D eigenvalue weighted by molar-refractivity contribution is 5.72. The average molecular weight is 436 g/mol. The van der Waals surface area contributed by atoms with Crippen molar-refractivity contribution in [3.05, 3.63) is 47.5 Å². The second kappa shape index (κ2) is 13.5. The van der Waals surface area contributed by atoms with E-state index in [9.17, 15) is 4.79 Å². The Morgan fingerprint density at radius 1 is 1.03 bits per heavy atom. The molecule has 0 heterocycles. The van der Waals surface area contributed by atoms with Gasteiger partial charge in [-0.15, -0.1) is 0 Å². The number of carbonyl (C=O) groups is 1. The summed E-state index contributed by atoms with van der Waals surface area (Å²) in [5.74, 6) is 1.45. The molecule has 0 unspecified atom stereocenters. The number of hydrogen-bond acceptors (Lipinski definition) is 3. The Hall–Kier alpha value is -2.08. The van der Waals surface area contributed by atoms with Crippen molar-refractivity contribution in [3.63, 3.8) is 0 Å². The van der Waals surface area contributed by atoms with Gasteiger partial charge in [0.05, 0.1) is 12.0 Å². The predicted molar refractivity (Wildman–Crippen MR) is 130 cm³/mol. The van der Waals surface area contributed by atoms with Crippen molar-refractivity contribution in [1.82, 2.24) is 0 Å². The maximum absolute atomic E-state index is 12.7. The van der Waals surface area contributed by atoms with Gasteiger partial charge in [0.15, 0.2) is 0 Å². The number of nitriles is 1. The molecule has 0 aliphatic heterocycles. The van der Waals surface area contributed by atoms with Crippen LogP contribution in [0, 0.1) is 23.2 Å². The number of esters is 1. The summed E-state index contributed by atoms with van der Waals surface area (Å²) in [6.07, 6.45) is 19.2. The van der Waals surface area contributed by atoms with Gasteiger partial charge in [-0.25, -0.2) is 0 Å². The number of nitrogens with zero attached hydrogens (tertiary/aromatic N) is 1. The molecule has 2 aliphatic rings. The summed E-state index contributed by atoms with van der Waals surface area (Å²) in [4.78, 5) is 12.7. The van der Waals surface area contributed by atoms with E-state index in [4.69, 9.17) is 10.00 Å². The van der Waals surface area contributed by atoms with E-state index in [1.54, 1.807) is 6.08 Å². The fourth-order valence-corrected chi connectivity index (χ4v) is 5.46. The topological polar surface area (TPSA) is 50.1 Å². The lowest BCUT2D eigenvalue weighted by molar-refractivity contribution is -0.157. The summed E-state index contributed by atoms with van der Waals surface area (Å²) < 4.78 is 5.95. The molecule has 174 valence electrons. The first-order valence-electron chi connectivity index (χ1n) is 13.0. The van der Waals surface area contributed by atoms with Crippen molar-refractivity contribution in [2.75, 3.05) is 0 Å². The summed E-state index contributed by atoms with van der Waals surface area (Å²) in [7, 11) is 0. The number of ether oxygens (including phenoxy) is 1. The van der Waals surface area contributed by atoms with Crippen molar-refractivity contribution < 1.29 is 9.53 Å². The van der Waals surface area contributed by atoms with E-state index in [0.29, 0.717) is 11.8 Å². The fourth-order valence-electron chi connectivity index (χ4n) is 5.46. The van der Waals surface area contributed by atoms with Gasteiger partial charge in [0, 0.05) is 6.08 Å². The van der Waals surface area contributed by atoms with Gasteiger partial charge in [-0.05, 0) is 100 Å². The zero-order valence-electron chi connectivity index (χ0n) is 19.9. The van der Waals surface area contributed by atoms with Crippen LogP contribution < -0.4 is 0 Å². The normalized spacial score (nSPS) is 26.0. The molecule has 3 rings (SSSR count). The quantitative estimate of drug-likeness (QED) is 0.215. The molecular formula is C29H41NO2. The van der Waals surface area contributed by atoms with Crippen LogP contribution >= 0.6 is 0 Å². The Morgan fingerprint density at radius 2 is 1.75 bits per heavy atom. The molecule has 0 spiro atoms. The third-order valence-electron chi connectivity index (χ3n) is 7.59. The van der Waals surface area contributed by atoms with E-state index in [-0.39, 0.29) is 18.0 Å². The molecule has 3 heteroatoms. The lowest BCUT2D eigenvalue weighted by Gasteiger charge is -2.31. The van der Waals surface area contributed by atoms with Crippen LogP contribution in [0.15, 0.2) is 36.4 Å². The molecule has 2 aliphatic carbocycles. The van der Waals surface area contributed by atoms with Crippen LogP contribution in [0.4, 0.5) is 0 Å². The lowest BCUT2D eigenvalue weighted by atomic mass is 9.79. The standard InChI is InChI=1S/C29H41NO2/c1-2-3-5-8-23-10-14-25(15-11-23)26-18-20-28(21-19-26)32-29(31)27-16-12-24(13-17-27)9-6-4-7-22-30/h4,7,10-11,14-15,24,26-28H,2-3,5-6,8-9,12-13,16-21H2,1H3. The van der Waals surface area contributed by atoms with Crippen molar-refractivity contribution in [1.29, 1.82) is 5.26 Å². The van der Waals surface area contributed by atoms with Crippen LogP contribution in [0.2, 0.25) is 0 Å². The van der Waals surface area contributed by atoms with E-state index < -0.39 is 0 Å². The Morgan fingerprint density at radius 3 is 2.41 bits per heavy atom. The van der Waals surface area contributed by atoms with Crippen LogP contribution in [0.3, 0.4) is 0 Å². The van der Waals surface area contributed by atoms with E-state index in [1.807, 2.05) is 12.1 Å². The molecule has 0 atom stereocenters. The van der Waals surface area contributed by atoms with Crippen molar-refractivity contribution in [2.45, 2.75) is 109 Å². The molecule has 32 heavy (non-hydrogen) atoms. The fraction of sp³-hybridized carbons (Fsp3) is 0.655. The van der Waals surface area contributed by atoms with Crippen LogP contribution in [-0.2, 0) is 16.0 Å². The number of aryl methyl sites for hydroxylation is 1. The molecule has 2 saturated carbocycles. The van der Waals surface area contributed by atoms with Crippen LogP contribution in [0.1, 0.15) is 107 Å². The zero-order chi connectivity index (χ0) is 22.6. The first-order valence-corrected chi connectivity index (χ1v) is 13.0. The first kappa shape index (κ1) is 24.6. The predicted octanol–water partition coefficient (Wildman–Crippen LogP) is 7.66. The summed E-state index contributed by atoms with van der Waals surface area (Å²) in [6, 6.07) is 11.3. The summed E-state index contributed by atoms with van der Waals surface area (Å²) in [5.41, 5.74) is 2.91. The highest BCUT2D eigenvalue weighted by Gasteiger charge is 2.30. The number of carbonyl (C=O) groups excluding carboxylic acids is 1. The first-order chi connectivity index (χ1) is 15.7. The minimum atomic E-state index is 0.0488. The van der Waals surface area contributed by atoms with Crippen LogP contribution in [0.5, 0.6) is 0 Å². The number of unbranched alkanes of at least 4 members (excludes halogenated alkanes) is 2. The Bertz CT molecular complexity index is 744. The molecule has 0 amide bonds. The third kappa shape index (κ3) is 7.80. The number of rotatable bonds is 10. The van der Waals surface area contributed by atoms with Gasteiger partial charge in [-0.2, -0.15) is 5.26 Å². The second-order valence-electron chi connectivity index (χ2n) is 9.94. The molecule has 2 fully saturated rings. The summed E-state index contributed by atoms with van der Waals surface area (Å²) >= 11 is 0. The highest BCUT2D eigenvalue weighted by atomic mass is 16.5. The average Bonchev–Trinajstić information content (AvgIpc) is 2.83. The van der Waals surface area contributed by atoms with Crippen LogP contribution in [-0.4, -0.2) is 12.1 Å². The molecule has 0 N–H and O–H groups in total. The minimum Gasteiger partial charge on any atom is -0.462 e. The molecule has 0 bridgehead atoms. The lowest BCUT2D eigenvalue weighted by Crippen LogP contribution is -2.29. The van der Waals surface area contributed by atoms with Gasteiger partial charge in [-0.1, -0.05) is 50.1 Å². The van der Waals surface area contributed by atoms with E-state index in [0.717, 1.165) is 64.2 Å². The number of hydrogen-bond donors (Lipinski definition) is 0. The number of allylic oxidation sites excluding steroid dienone is 2. The molecule has 3 nitrogen and oxygen atoms in total. The van der Waals surface area contributed by atoms with E-state index in [1.165, 1.54) is 36.8 Å². The molecule has 1 aromatic carbocycles. The Balaban J connectivity index is 1.35. The number of benzene rings is 1. The van der Waals surface area contributed by atoms with Gasteiger partial charge in [0.2, 0.25) is 0 Å². The van der Waals surface area contributed by atoms with Gasteiger partial charge in [0.25, 0.3) is 0 Å². The molecule has 0 saturated heterocycles. The Labute approximate surface area is 195 Å². The molecule has 1 aromatic rings. The Kier molecular flexibility index (Phi) is 10.3. The van der Waals surface area contributed by atoms with Gasteiger partial charge >= 0.3 is 5.97 Å². The van der Waals surface area contributed by atoms with Crippen molar-refractivity contribution >= 4 is 5.97 Å². The maximum atomic E-state index is 12.7. The SMILES string of the molecule is CCCCCc1ccc(C2CCC(OC(=O)C3CCC(CCC=CC#N)CC3)CC2)cc1. The van der Waals surface area contributed by atoms with Crippen molar-refractivity contribution in [2.24, 2.45) is 11.8 Å². The second-order valence-corrected chi connectivity index (χ2v) is 9.94. The molecule has 0 radical (unpaired) electrons. The van der Waals surface area contributed by atoms with Gasteiger partial charge in [-0.3, -0.25) is 4.79 Å². The maximum Gasteiger partial charge on any atom is 0.309 e.